The van der Waals surface area contributed by atoms with Crippen molar-refractivity contribution < 1.29 is 27.6 Å². The van der Waals surface area contributed by atoms with Gasteiger partial charge in [0.15, 0.2) is 0 Å². The van der Waals surface area contributed by atoms with Crippen molar-refractivity contribution in [3.05, 3.63) is 81.4 Å². The molecule has 0 atom stereocenters. The zero-order valence-electron chi connectivity index (χ0n) is 18.8. The molecule has 0 radical (unpaired) electrons. The quantitative estimate of drug-likeness (QED) is 0.276. The summed E-state index contributed by atoms with van der Waals surface area (Å²) in [7, 11) is 0. The number of hydrogen-bond donors (Lipinski definition) is 1. The molecule has 0 unspecified atom stereocenters. The van der Waals surface area contributed by atoms with Crippen LogP contribution in [0, 0.1) is 18.6 Å². The lowest BCUT2D eigenvalue weighted by Gasteiger charge is -2.12. The van der Waals surface area contributed by atoms with Crippen LogP contribution < -0.4 is 5.32 Å². The smallest absolute Gasteiger partial charge is 0.342 e. The molecule has 0 saturated heterocycles. The highest BCUT2D eigenvalue weighted by Crippen LogP contribution is 2.38. The van der Waals surface area contributed by atoms with E-state index < -0.39 is 29.6 Å². The van der Waals surface area contributed by atoms with Crippen molar-refractivity contribution >= 4 is 39.8 Å². The average molecular weight is 517 g/mol. The lowest BCUT2D eigenvalue weighted by molar-refractivity contribution is 0.0380. The van der Waals surface area contributed by atoms with Crippen molar-refractivity contribution in [1.29, 1.82) is 0 Å². The van der Waals surface area contributed by atoms with E-state index in [1.807, 2.05) is 0 Å². The summed E-state index contributed by atoms with van der Waals surface area (Å²) >= 11 is 7.26. The Balaban J connectivity index is 1.76. The summed E-state index contributed by atoms with van der Waals surface area (Å²) in [6, 6.07) is 9.70. The summed E-state index contributed by atoms with van der Waals surface area (Å²) in [6.45, 7) is 4.91. The van der Waals surface area contributed by atoms with Crippen LogP contribution in [-0.2, 0) is 4.74 Å². The molecular formula is C25H19ClF2N2O4S. The predicted molar refractivity (Wildman–Crippen MR) is 130 cm³/mol. The van der Waals surface area contributed by atoms with Gasteiger partial charge in [0.05, 0.1) is 16.7 Å². The minimum absolute atomic E-state index is 0.0306. The normalized spacial score (nSPS) is 11.1. The van der Waals surface area contributed by atoms with Crippen molar-refractivity contribution in [2.75, 3.05) is 5.32 Å². The van der Waals surface area contributed by atoms with Gasteiger partial charge in [-0.25, -0.2) is 13.6 Å². The van der Waals surface area contributed by atoms with E-state index in [1.165, 1.54) is 49.4 Å². The van der Waals surface area contributed by atoms with Gasteiger partial charge in [0, 0.05) is 10.9 Å². The van der Waals surface area contributed by atoms with E-state index in [-0.39, 0.29) is 38.2 Å². The first kappa shape index (κ1) is 24.6. The topological polar surface area (TPSA) is 81.4 Å². The van der Waals surface area contributed by atoms with Crippen LogP contribution in [0.4, 0.5) is 13.8 Å². The van der Waals surface area contributed by atoms with Gasteiger partial charge in [0.2, 0.25) is 0 Å². The molecule has 2 aromatic heterocycles. The lowest BCUT2D eigenvalue weighted by atomic mass is 10.0. The third-order valence-electron chi connectivity index (χ3n) is 5.01. The van der Waals surface area contributed by atoms with Gasteiger partial charge in [-0.3, -0.25) is 4.79 Å². The van der Waals surface area contributed by atoms with Crippen LogP contribution in [0.1, 0.15) is 40.3 Å². The number of halogens is 3. The summed E-state index contributed by atoms with van der Waals surface area (Å²) < 4.78 is 38.5. The maximum atomic E-state index is 14.5. The maximum Gasteiger partial charge on any atom is 0.342 e. The average Bonchev–Trinajstić information content (AvgIpc) is 3.37. The second kappa shape index (κ2) is 9.97. The lowest BCUT2D eigenvalue weighted by Crippen LogP contribution is -2.17. The fourth-order valence-corrected chi connectivity index (χ4v) is 4.67. The van der Waals surface area contributed by atoms with Crippen LogP contribution in [0.3, 0.4) is 0 Å². The molecule has 10 heteroatoms. The van der Waals surface area contributed by atoms with Gasteiger partial charge in [0.25, 0.3) is 5.91 Å². The monoisotopic (exact) mass is 516 g/mol. The highest BCUT2D eigenvalue weighted by atomic mass is 35.5. The summed E-state index contributed by atoms with van der Waals surface area (Å²) in [5.41, 5.74) is 0.980. The molecule has 0 aliphatic carbocycles. The van der Waals surface area contributed by atoms with Crippen molar-refractivity contribution in [3.8, 4) is 22.4 Å². The Bertz CT molecular complexity index is 1390. The Hall–Kier alpha value is -3.56. The van der Waals surface area contributed by atoms with Crippen LogP contribution >= 0.6 is 22.9 Å². The maximum absolute atomic E-state index is 14.5. The molecule has 0 spiro atoms. The summed E-state index contributed by atoms with van der Waals surface area (Å²) in [5.74, 6) is -2.29. The number of hydrogen-bond acceptors (Lipinski definition) is 6. The van der Waals surface area contributed by atoms with E-state index in [0.29, 0.717) is 11.1 Å². The molecule has 0 aliphatic rings. The van der Waals surface area contributed by atoms with Gasteiger partial charge in [-0.05, 0) is 50.6 Å². The molecule has 2 heterocycles. The van der Waals surface area contributed by atoms with E-state index in [1.54, 1.807) is 19.2 Å². The number of carbonyl (C=O) groups excluding carboxylic acids is 2. The molecule has 4 aromatic rings. The zero-order chi connectivity index (χ0) is 25.3. The molecule has 0 bridgehead atoms. The zero-order valence-corrected chi connectivity index (χ0v) is 20.4. The Morgan fingerprint density at radius 1 is 1.11 bits per heavy atom. The highest BCUT2D eigenvalue weighted by Gasteiger charge is 2.29. The van der Waals surface area contributed by atoms with E-state index in [2.05, 4.69) is 10.5 Å². The number of nitrogens with zero attached hydrogens (tertiary/aromatic N) is 1. The van der Waals surface area contributed by atoms with Crippen molar-refractivity contribution in [2.24, 2.45) is 0 Å². The van der Waals surface area contributed by atoms with E-state index in [4.69, 9.17) is 20.9 Å². The van der Waals surface area contributed by atoms with Gasteiger partial charge in [-0.1, -0.05) is 35.0 Å². The summed E-state index contributed by atoms with van der Waals surface area (Å²) in [6.07, 6.45) is -0.415. The number of thiophene rings is 1. The van der Waals surface area contributed by atoms with Gasteiger partial charge < -0.3 is 14.6 Å². The standard InChI is InChI=1S/C25H19ClF2N2O4S/c1-12(2)33-25(32)20-16(14-7-9-15(27)10-8-14)11-35-24(20)29-23(31)19-13(3)34-30-22(19)21-17(26)5-4-6-18(21)28/h4-12H,1-3H3,(H,29,31). The van der Waals surface area contributed by atoms with Crippen LogP contribution in [-0.4, -0.2) is 23.1 Å². The minimum atomic E-state index is -0.677. The molecular weight excluding hydrogens is 498 g/mol. The number of carbonyl (C=O) groups is 2. The summed E-state index contributed by atoms with van der Waals surface area (Å²) in [4.78, 5) is 26.3. The molecule has 4 rings (SSSR count). The molecule has 180 valence electrons. The SMILES string of the molecule is Cc1onc(-c2c(F)cccc2Cl)c1C(=O)Nc1scc(-c2ccc(F)cc2)c1C(=O)OC(C)C. The van der Waals surface area contributed by atoms with Crippen molar-refractivity contribution in [1.82, 2.24) is 5.16 Å². The number of anilines is 1. The van der Waals surface area contributed by atoms with Gasteiger partial charge in [-0.15, -0.1) is 11.3 Å². The number of nitrogens with one attached hydrogen (secondary N) is 1. The molecule has 1 amide bonds. The van der Waals surface area contributed by atoms with E-state index in [0.717, 1.165) is 11.3 Å². The number of amides is 1. The molecule has 35 heavy (non-hydrogen) atoms. The second-order valence-corrected chi connectivity index (χ2v) is 9.11. The van der Waals surface area contributed by atoms with Crippen LogP contribution in [0.5, 0.6) is 0 Å². The Morgan fingerprint density at radius 3 is 2.49 bits per heavy atom. The number of rotatable bonds is 6. The van der Waals surface area contributed by atoms with Crippen molar-refractivity contribution in [3.63, 3.8) is 0 Å². The molecule has 0 fully saturated rings. The largest absolute Gasteiger partial charge is 0.459 e. The predicted octanol–water partition coefficient (Wildman–Crippen LogP) is 7.13. The van der Waals surface area contributed by atoms with Gasteiger partial charge >= 0.3 is 5.97 Å². The number of esters is 1. The second-order valence-electron chi connectivity index (χ2n) is 7.83. The van der Waals surface area contributed by atoms with Crippen LogP contribution in [0.15, 0.2) is 52.4 Å². The van der Waals surface area contributed by atoms with Gasteiger partial charge in [0.1, 0.15) is 39.2 Å². The van der Waals surface area contributed by atoms with E-state index in [9.17, 15) is 18.4 Å². The molecule has 0 aliphatic heterocycles. The fraction of sp³-hybridized carbons (Fsp3) is 0.160. The molecule has 6 nitrogen and oxygen atoms in total. The van der Waals surface area contributed by atoms with Crippen molar-refractivity contribution in [2.45, 2.75) is 26.9 Å². The number of benzene rings is 2. The molecule has 1 N–H and O–H groups in total. The first-order valence-corrected chi connectivity index (χ1v) is 11.7. The molecule has 0 saturated carbocycles. The third kappa shape index (κ3) is 4.96. The fourth-order valence-electron chi connectivity index (χ4n) is 3.47. The third-order valence-corrected chi connectivity index (χ3v) is 6.22. The van der Waals surface area contributed by atoms with E-state index >= 15 is 0 Å². The first-order valence-electron chi connectivity index (χ1n) is 10.5. The highest BCUT2D eigenvalue weighted by molar-refractivity contribution is 7.15. The number of ether oxygens (including phenoxy) is 1. The number of aromatic nitrogens is 1. The number of aryl methyl sites for hydroxylation is 1. The first-order chi connectivity index (χ1) is 16.7. The van der Waals surface area contributed by atoms with Crippen LogP contribution in [0.25, 0.3) is 22.4 Å². The molecule has 2 aromatic carbocycles. The van der Waals surface area contributed by atoms with Crippen LogP contribution in [0.2, 0.25) is 5.02 Å². The summed E-state index contributed by atoms with van der Waals surface area (Å²) in [5, 5.41) is 8.46. The Morgan fingerprint density at radius 2 is 1.83 bits per heavy atom. The Labute approximate surface area is 208 Å². The van der Waals surface area contributed by atoms with Gasteiger partial charge in [-0.2, -0.15) is 0 Å². The Kier molecular flexibility index (Phi) is 7.00. The minimum Gasteiger partial charge on any atom is -0.459 e.